The number of sulfonamides is 1. The van der Waals surface area contributed by atoms with Crippen LogP contribution in [0.1, 0.15) is 21.5 Å². The number of anilines is 3. The standard InChI is InChI=1S/C23H20N4O4S/c1-14-7-12-18(13-15(14)2)32(30,31)27-22-21(25-19-5-3-4-6-20(19)26-22)24-17-10-8-16(9-11-17)23(28)29/h3-13H,1-2H3,(H,24,25)(H,26,27)(H,28,29)/p-1. The van der Waals surface area contributed by atoms with Crippen LogP contribution in [0.5, 0.6) is 0 Å². The van der Waals surface area contributed by atoms with Gasteiger partial charge in [0.25, 0.3) is 10.0 Å². The van der Waals surface area contributed by atoms with Crippen LogP contribution in [-0.2, 0) is 10.0 Å². The molecule has 1 heterocycles. The summed E-state index contributed by atoms with van der Waals surface area (Å²) in [6.45, 7) is 3.75. The van der Waals surface area contributed by atoms with Crippen LogP contribution in [0, 0.1) is 13.8 Å². The van der Waals surface area contributed by atoms with Crippen LogP contribution in [0.3, 0.4) is 0 Å². The van der Waals surface area contributed by atoms with Crippen LogP contribution in [0.2, 0.25) is 0 Å². The van der Waals surface area contributed by atoms with Crippen LogP contribution in [0.4, 0.5) is 17.3 Å². The molecule has 0 radical (unpaired) electrons. The fraction of sp³-hybridized carbons (Fsp3) is 0.0870. The van der Waals surface area contributed by atoms with Crippen molar-refractivity contribution in [2.24, 2.45) is 0 Å². The molecule has 0 spiro atoms. The first-order valence-corrected chi connectivity index (χ1v) is 11.2. The molecule has 0 fully saturated rings. The molecule has 1 aromatic heterocycles. The zero-order valence-electron chi connectivity index (χ0n) is 17.3. The summed E-state index contributed by atoms with van der Waals surface area (Å²) in [6.07, 6.45) is 0. The van der Waals surface area contributed by atoms with Crippen molar-refractivity contribution in [3.8, 4) is 0 Å². The number of nitrogens with one attached hydrogen (secondary N) is 2. The van der Waals surface area contributed by atoms with Gasteiger partial charge in [0.2, 0.25) is 0 Å². The molecule has 0 aliphatic rings. The van der Waals surface area contributed by atoms with E-state index in [1.165, 1.54) is 30.3 Å². The molecule has 0 bridgehead atoms. The summed E-state index contributed by atoms with van der Waals surface area (Å²) in [7, 11) is -3.93. The van der Waals surface area contributed by atoms with Gasteiger partial charge in [-0.15, -0.1) is 0 Å². The van der Waals surface area contributed by atoms with E-state index in [0.29, 0.717) is 16.7 Å². The van der Waals surface area contributed by atoms with E-state index < -0.39 is 16.0 Å². The summed E-state index contributed by atoms with van der Waals surface area (Å²) in [5, 5.41) is 14.0. The van der Waals surface area contributed by atoms with Gasteiger partial charge in [-0.2, -0.15) is 0 Å². The quantitative estimate of drug-likeness (QED) is 0.465. The average molecular weight is 447 g/mol. The lowest BCUT2D eigenvalue weighted by atomic mass is 10.1. The molecule has 4 aromatic rings. The number of carbonyl (C=O) groups excluding carboxylic acids is 1. The fourth-order valence-corrected chi connectivity index (χ4v) is 4.15. The number of benzene rings is 3. The van der Waals surface area contributed by atoms with E-state index in [4.69, 9.17) is 0 Å². The van der Waals surface area contributed by atoms with Gasteiger partial charge in [-0.05, 0) is 66.9 Å². The highest BCUT2D eigenvalue weighted by Gasteiger charge is 2.19. The maximum Gasteiger partial charge on any atom is 0.263 e. The molecule has 4 rings (SSSR count). The normalized spacial score (nSPS) is 11.3. The van der Waals surface area contributed by atoms with Crippen LogP contribution in [-0.4, -0.2) is 24.4 Å². The Morgan fingerprint density at radius 2 is 1.47 bits per heavy atom. The SMILES string of the molecule is Cc1ccc(S(=O)(=O)Nc2nc3ccccc3nc2Nc2ccc(C(=O)[O-])cc2)cc1C. The zero-order valence-corrected chi connectivity index (χ0v) is 18.1. The van der Waals surface area contributed by atoms with E-state index in [1.807, 2.05) is 13.8 Å². The van der Waals surface area contributed by atoms with E-state index >= 15 is 0 Å². The van der Waals surface area contributed by atoms with Crippen molar-refractivity contribution < 1.29 is 18.3 Å². The number of carbonyl (C=O) groups is 1. The Hall–Kier alpha value is -3.98. The third-order valence-corrected chi connectivity index (χ3v) is 6.31. The van der Waals surface area contributed by atoms with Gasteiger partial charge in [0.05, 0.1) is 21.9 Å². The van der Waals surface area contributed by atoms with E-state index in [-0.39, 0.29) is 22.1 Å². The third-order valence-electron chi connectivity index (χ3n) is 4.97. The van der Waals surface area contributed by atoms with Crippen molar-refractivity contribution in [1.82, 2.24) is 9.97 Å². The van der Waals surface area contributed by atoms with Crippen molar-refractivity contribution in [3.05, 3.63) is 83.4 Å². The predicted octanol–water partition coefficient (Wildman–Crippen LogP) is 3.15. The zero-order chi connectivity index (χ0) is 22.9. The van der Waals surface area contributed by atoms with Gasteiger partial charge in [-0.25, -0.2) is 18.4 Å². The summed E-state index contributed by atoms with van der Waals surface area (Å²) >= 11 is 0. The number of rotatable bonds is 6. The van der Waals surface area contributed by atoms with Gasteiger partial charge in [-0.3, -0.25) is 4.72 Å². The molecular weight excluding hydrogens is 428 g/mol. The minimum atomic E-state index is -3.93. The van der Waals surface area contributed by atoms with E-state index in [9.17, 15) is 18.3 Å². The number of hydrogen-bond donors (Lipinski definition) is 2. The molecular formula is C23H19N4O4S-. The Labute approximate surface area is 185 Å². The van der Waals surface area contributed by atoms with Gasteiger partial charge in [-0.1, -0.05) is 30.3 Å². The summed E-state index contributed by atoms with van der Waals surface area (Å²) < 4.78 is 28.6. The highest BCUT2D eigenvalue weighted by atomic mass is 32.2. The topological polar surface area (TPSA) is 124 Å². The maximum atomic E-state index is 13.0. The lowest BCUT2D eigenvalue weighted by Crippen LogP contribution is -2.21. The Morgan fingerprint density at radius 1 is 0.844 bits per heavy atom. The first kappa shape index (κ1) is 21.3. The first-order valence-electron chi connectivity index (χ1n) is 9.68. The molecule has 8 nitrogen and oxygen atoms in total. The number of aromatic carboxylic acids is 1. The molecule has 0 unspecified atom stereocenters. The lowest BCUT2D eigenvalue weighted by molar-refractivity contribution is -0.255. The van der Waals surface area contributed by atoms with Crippen molar-refractivity contribution in [1.29, 1.82) is 0 Å². The Bertz CT molecular complexity index is 1430. The maximum absolute atomic E-state index is 13.0. The second-order valence-electron chi connectivity index (χ2n) is 7.25. The third kappa shape index (κ3) is 4.37. The Morgan fingerprint density at radius 3 is 2.06 bits per heavy atom. The van der Waals surface area contributed by atoms with Gasteiger partial charge in [0.15, 0.2) is 11.6 Å². The number of aryl methyl sites for hydroxylation is 2. The number of hydrogen-bond acceptors (Lipinski definition) is 7. The first-order chi connectivity index (χ1) is 15.2. The highest BCUT2D eigenvalue weighted by molar-refractivity contribution is 7.92. The lowest BCUT2D eigenvalue weighted by Gasteiger charge is -2.15. The van der Waals surface area contributed by atoms with Crippen molar-refractivity contribution in [3.63, 3.8) is 0 Å². The molecule has 0 saturated heterocycles. The van der Waals surface area contributed by atoms with Crippen molar-refractivity contribution in [2.75, 3.05) is 10.0 Å². The number of fused-ring (bicyclic) bond motifs is 1. The number of aromatic nitrogens is 2. The van der Waals surface area contributed by atoms with Gasteiger partial charge in [0.1, 0.15) is 0 Å². The summed E-state index contributed by atoms with van der Waals surface area (Å²) in [5.74, 6) is -1.09. The number of carboxylic acid groups (broad SMARTS) is 1. The largest absolute Gasteiger partial charge is 0.545 e. The Balaban J connectivity index is 1.75. The van der Waals surface area contributed by atoms with Gasteiger partial charge >= 0.3 is 0 Å². The van der Waals surface area contributed by atoms with Crippen LogP contribution >= 0.6 is 0 Å². The fourth-order valence-electron chi connectivity index (χ4n) is 3.05. The molecule has 162 valence electrons. The van der Waals surface area contributed by atoms with Gasteiger partial charge < -0.3 is 15.2 Å². The molecule has 0 saturated carbocycles. The number of para-hydroxylation sites is 2. The van der Waals surface area contributed by atoms with E-state index in [1.54, 1.807) is 36.4 Å². The predicted molar refractivity (Wildman–Crippen MR) is 120 cm³/mol. The molecule has 2 N–H and O–H groups in total. The van der Waals surface area contributed by atoms with Crippen LogP contribution < -0.4 is 15.1 Å². The molecule has 0 aliphatic heterocycles. The van der Waals surface area contributed by atoms with Crippen LogP contribution in [0.25, 0.3) is 11.0 Å². The average Bonchev–Trinajstić information content (AvgIpc) is 2.76. The van der Waals surface area contributed by atoms with Crippen molar-refractivity contribution in [2.45, 2.75) is 18.7 Å². The summed E-state index contributed by atoms with van der Waals surface area (Å²) in [5.41, 5.74) is 3.45. The molecule has 0 aliphatic carbocycles. The Kier molecular flexibility index (Phi) is 5.50. The molecule has 0 atom stereocenters. The monoisotopic (exact) mass is 447 g/mol. The molecule has 0 amide bonds. The minimum absolute atomic E-state index is 0.0194. The van der Waals surface area contributed by atoms with E-state index in [0.717, 1.165) is 11.1 Å². The number of carboxylic acids is 1. The smallest absolute Gasteiger partial charge is 0.263 e. The molecule has 9 heteroatoms. The van der Waals surface area contributed by atoms with Crippen LogP contribution in [0.15, 0.2) is 71.6 Å². The summed E-state index contributed by atoms with van der Waals surface area (Å²) in [4.78, 5) is 20.0. The minimum Gasteiger partial charge on any atom is -0.545 e. The molecule has 3 aromatic carbocycles. The van der Waals surface area contributed by atoms with Gasteiger partial charge in [0, 0.05) is 5.69 Å². The second kappa shape index (κ2) is 8.27. The molecule has 32 heavy (non-hydrogen) atoms. The number of nitrogens with zero attached hydrogens (tertiary/aromatic N) is 2. The highest BCUT2D eigenvalue weighted by Crippen LogP contribution is 2.27. The second-order valence-corrected chi connectivity index (χ2v) is 8.93. The van der Waals surface area contributed by atoms with E-state index in [2.05, 4.69) is 20.0 Å². The van der Waals surface area contributed by atoms with Crippen molar-refractivity contribution >= 4 is 44.3 Å². The summed E-state index contributed by atoms with van der Waals surface area (Å²) in [6, 6.07) is 17.8.